The van der Waals surface area contributed by atoms with Gasteiger partial charge in [-0.05, 0) is 27.7 Å². The molecule has 14 heavy (non-hydrogen) atoms. The van der Waals surface area contributed by atoms with Crippen LogP contribution in [0, 0.1) is 5.92 Å². The summed E-state index contributed by atoms with van der Waals surface area (Å²) in [4.78, 5) is 15.7. The molecule has 0 aliphatic heterocycles. The average molecular weight is 200 g/mol. The van der Waals surface area contributed by atoms with Crippen molar-refractivity contribution < 1.29 is 9.53 Å². The topological polar surface area (TPSA) is 50.7 Å². The molecule has 82 valence electrons. The van der Waals surface area contributed by atoms with Gasteiger partial charge in [-0.1, -0.05) is 0 Å². The van der Waals surface area contributed by atoms with E-state index in [1.165, 1.54) is 0 Å². The largest absolute Gasteiger partial charge is 0.466 e. The molecule has 0 bridgehead atoms. The number of carbonyl (C=O) groups excluding carboxylic acids is 1. The van der Waals surface area contributed by atoms with Crippen LogP contribution in [0.3, 0.4) is 0 Å². The van der Waals surface area contributed by atoms with Gasteiger partial charge in [0.25, 0.3) is 0 Å². The summed E-state index contributed by atoms with van der Waals surface area (Å²) in [7, 11) is 1.77. The Hall–Kier alpha value is -1.06. The Morgan fingerprint density at radius 1 is 1.64 bits per heavy atom. The van der Waals surface area contributed by atoms with E-state index in [9.17, 15) is 4.79 Å². The highest BCUT2D eigenvalue weighted by Crippen LogP contribution is 2.21. The lowest BCUT2D eigenvalue weighted by Gasteiger charge is -2.25. The minimum Gasteiger partial charge on any atom is -0.466 e. The fourth-order valence-electron chi connectivity index (χ4n) is 0.898. The molecule has 0 rings (SSSR count). The Morgan fingerprint density at radius 2 is 2.21 bits per heavy atom. The maximum atomic E-state index is 11.4. The first-order valence-corrected chi connectivity index (χ1v) is 4.83. The summed E-state index contributed by atoms with van der Waals surface area (Å²) < 4.78 is 4.94. The van der Waals surface area contributed by atoms with Crippen molar-refractivity contribution in [3.63, 3.8) is 0 Å². The van der Waals surface area contributed by atoms with Crippen molar-refractivity contribution in [3.8, 4) is 0 Å². The molecule has 0 unspecified atom stereocenters. The Labute approximate surface area is 85.7 Å². The van der Waals surface area contributed by atoms with E-state index >= 15 is 0 Å². The number of nitrogens with one attached hydrogen (secondary N) is 1. The SMILES string of the molecule is CCOC(=O)[C@H](C)C(C)(C)/N=C\NC. The van der Waals surface area contributed by atoms with Crippen molar-refractivity contribution in [2.24, 2.45) is 10.9 Å². The first-order chi connectivity index (χ1) is 6.45. The third-order valence-corrected chi connectivity index (χ3v) is 2.23. The third-order valence-electron chi connectivity index (χ3n) is 2.23. The number of nitrogens with zero attached hydrogens (tertiary/aromatic N) is 1. The standard InChI is InChI=1S/C10H20N2O2/c1-6-14-9(13)8(2)10(3,4)12-7-11-5/h7-8H,6H2,1-5H3,(H,11,12)/t8-/m0/s1. The third kappa shape index (κ3) is 3.77. The fourth-order valence-corrected chi connectivity index (χ4v) is 0.898. The normalized spacial score (nSPS) is 14.1. The number of hydrogen-bond donors (Lipinski definition) is 1. The van der Waals surface area contributed by atoms with E-state index in [0.717, 1.165) is 0 Å². The summed E-state index contributed by atoms with van der Waals surface area (Å²) >= 11 is 0. The van der Waals surface area contributed by atoms with Gasteiger partial charge in [-0.3, -0.25) is 9.79 Å². The highest BCUT2D eigenvalue weighted by atomic mass is 16.5. The van der Waals surface area contributed by atoms with Crippen LogP contribution in [0.1, 0.15) is 27.7 Å². The molecule has 0 aromatic heterocycles. The van der Waals surface area contributed by atoms with E-state index in [1.807, 2.05) is 20.8 Å². The van der Waals surface area contributed by atoms with Crippen LogP contribution in [-0.2, 0) is 9.53 Å². The first-order valence-electron chi connectivity index (χ1n) is 4.83. The number of hydrogen-bond acceptors (Lipinski definition) is 3. The van der Waals surface area contributed by atoms with Crippen LogP contribution in [0.15, 0.2) is 4.99 Å². The highest BCUT2D eigenvalue weighted by Gasteiger charge is 2.31. The van der Waals surface area contributed by atoms with Gasteiger partial charge < -0.3 is 10.1 Å². The molecule has 0 fully saturated rings. The minimum absolute atomic E-state index is 0.203. The maximum Gasteiger partial charge on any atom is 0.311 e. The second kappa shape index (κ2) is 5.62. The minimum atomic E-state index is -0.435. The molecule has 0 aliphatic rings. The second-order valence-corrected chi connectivity index (χ2v) is 3.67. The zero-order valence-corrected chi connectivity index (χ0v) is 9.63. The van der Waals surface area contributed by atoms with Crippen molar-refractivity contribution in [2.45, 2.75) is 33.2 Å². The average Bonchev–Trinajstić information content (AvgIpc) is 2.14. The molecule has 0 amide bonds. The van der Waals surface area contributed by atoms with Crippen molar-refractivity contribution >= 4 is 12.3 Å². The van der Waals surface area contributed by atoms with Crippen molar-refractivity contribution in [1.82, 2.24) is 5.32 Å². The van der Waals surface area contributed by atoms with Gasteiger partial charge >= 0.3 is 5.97 Å². The monoisotopic (exact) mass is 200 g/mol. The molecule has 4 heteroatoms. The summed E-state index contributed by atoms with van der Waals surface area (Å²) in [6.45, 7) is 7.85. The molecule has 0 aliphatic carbocycles. The molecule has 0 aromatic rings. The molecule has 1 N–H and O–H groups in total. The lowest BCUT2D eigenvalue weighted by atomic mass is 9.90. The Bertz CT molecular complexity index is 212. The molecular formula is C10H20N2O2. The zero-order chi connectivity index (χ0) is 11.2. The van der Waals surface area contributed by atoms with E-state index in [2.05, 4.69) is 10.3 Å². The van der Waals surface area contributed by atoms with E-state index in [4.69, 9.17) is 4.74 Å². The number of aliphatic imine (C=N–C) groups is 1. The van der Waals surface area contributed by atoms with Gasteiger partial charge in [0.05, 0.1) is 24.4 Å². The molecule has 1 atom stereocenters. The van der Waals surface area contributed by atoms with E-state index in [0.29, 0.717) is 6.61 Å². The fraction of sp³-hybridized carbons (Fsp3) is 0.800. The zero-order valence-electron chi connectivity index (χ0n) is 9.63. The predicted octanol–water partition coefficient (Wildman–Crippen LogP) is 1.21. The summed E-state index contributed by atoms with van der Waals surface area (Å²) in [6.07, 6.45) is 1.59. The quantitative estimate of drug-likeness (QED) is 0.412. The number of esters is 1. The highest BCUT2D eigenvalue weighted by molar-refractivity contribution is 5.74. The Morgan fingerprint density at radius 3 is 2.64 bits per heavy atom. The summed E-state index contributed by atoms with van der Waals surface area (Å²) in [6, 6.07) is 0. The molecule has 0 radical (unpaired) electrons. The predicted molar refractivity (Wildman–Crippen MR) is 57.4 cm³/mol. The Kier molecular flexibility index (Phi) is 5.20. The van der Waals surface area contributed by atoms with Gasteiger partial charge in [0, 0.05) is 7.05 Å². The lowest BCUT2D eigenvalue weighted by Crippen LogP contribution is -2.35. The number of ether oxygens (including phenoxy) is 1. The van der Waals surface area contributed by atoms with Gasteiger partial charge in [-0.25, -0.2) is 0 Å². The maximum absolute atomic E-state index is 11.4. The molecule has 0 spiro atoms. The lowest BCUT2D eigenvalue weighted by molar-refractivity contribution is -0.149. The number of carbonyl (C=O) groups is 1. The van der Waals surface area contributed by atoms with E-state index < -0.39 is 5.54 Å². The summed E-state index contributed by atoms with van der Waals surface area (Å²) in [5, 5.41) is 2.81. The van der Waals surface area contributed by atoms with Gasteiger partial charge in [0.1, 0.15) is 0 Å². The molecule has 4 nitrogen and oxygen atoms in total. The summed E-state index contributed by atoms with van der Waals surface area (Å²) in [5.41, 5.74) is -0.435. The molecule has 0 aromatic carbocycles. The van der Waals surface area contributed by atoms with Gasteiger partial charge in [0.2, 0.25) is 0 Å². The molecule has 0 saturated carbocycles. The van der Waals surface area contributed by atoms with Crippen LogP contribution < -0.4 is 5.32 Å². The van der Waals surface area contributed by atoms with Crippen molar-refractivity contribution in [1.29, 1.82) is 0 Å². The van der Waals surface area contributed by atoms with E-state index in [-0.39, 0.29) is 11.9 Å². The second-order valence-electron chi connectivity index (χ2n) is 3.67. The van der Waals surface area contributed by atoms with Gasteiger partial charge in [-0.2, -0.15) is 0 Å². The van der Waals surface area contributed by atoms with Crippen LogP contribution in [0.25, 0.3) is 0 Å². The van der Waals surface area contributed by atoms with Crippen LogP contribution in [0.5, 0.6) is 0 Å². The molecule has 0 heterocycles. The summed E-state index contributed by atoms with van der Waals surface area (Å²) in [5.74, 6) is -0.446. The van der Waals surface area contributed by atoms with Gasteiger partial charge in [0.15, 0.2) is 0 Å². The molecule has 0 saturated heterocycles. The van der Waals surface area contributed by atoms with Crippen LogP contribution >= 0.6 is 0 Å². The first kappa shape index (κ1) is 12.9. The van der Waals surface area contributed by atoms with Crippen LogP contribution in [-0.4, -0.2) is 31.5 Å². The Balaban J connectivity index is 4.40. The van der Waals surface area contributed by atoms with Crippen molar-refractivity contribution in [3.05, 3.63) is 0 Å². The van der Waals surface area contributed by atoms with Crippen LogP contribution in [0.4, 0.5) is 0 Å². The number of rotatable bonds is 5. The smallest absolute Gasteiger partial charge is 0.311 e. The van der Waals surface area contributed by atoms with Crippen LogP contribution in [0.2, 0.25) is 0 Å². The van der Waals surface area contributed by atoms with Crippen molar-refractivity contribution in [2.75, 3.05) is 13.7 Å². The van der Waals surface area contributed by atoms with Gasteiger partial charge in [-0.15, -0.1) is 0 Å². The van der Waals surface area contributed by atoms with E-state index in [1.54, 1.807) is 20.3 Å². The molecular weight excluding hydrogens is 180 g/mol.